The van der Waals surface area contributed by atoms with Gasteiger partial charge in [-0.3, -0.25) is 0 Å². The van der Waals surface area contributed by atoms with Crippen molar-refractivity contribution in [2.24, 2.45) is 5.41 Å². The summed E-state index contributed by atoms with van der Waals surface area (Å²) in [6, 6.07) is 9.01. The number of hydrogen-bond acceptors (Lipinski definition) is 2. The Bertz CT molecular complexity index is 396. The van der Waals surface area contributed by atoms with Crippen LogP contribution in [0.25, 0.3) is 0 Å². The summed E-state index contributed by atoms with van der Waals surface area (Å²) >= 11 is 0. The Labute approximate surface area is 117 Å². The molecule has 0 saturated heterocycles. The lowest BCUT2D eigenvalue weighted by molar-refractivity contribution is 0.223. The molecule has 2 nitrogen and oxygen atoms in total. The number of methoxy groups -OCH3 is 1. The predicted octanol–water partition coefficient (Wildman–Crippen LogP) is 4.32. The molecule has 1 aromatic rings. The summed E-state index contributed by atoms with van der Waals surface area (Å²) in [5.74, 6) is 0.961. The third-order valence-electron chi connectivity index (χ3n) is 4.47. The van der Waals surface area contributed by atoms with E-state index < -0.39 is 0 Å². The average Bonchev–Trinajstić information content (AvgIpc) is 2.87. The summed E-state index contributed by atoms with van der Waals surface area (Å²) in [7, 11) is 1.74. The molecular weight excluding hydrogens is 234 g/mol. The van der Waals surface area contributed by atoms with Gasteiger partial charge < -0.3 is 10.1 Å². The molecule has 2 rings (SSSR count). The van der Waals surface area contributed by atoms with Crippen molar-refractivity contribution >= 4 is 0 Å². The van der Waals surface area contributed by atoms with Crippen molar-refractivity contribution in [3.8, 4) is 5.75 Å². The highest BCUT2D eigenvalue weighted by Crippen LogP contribution is 2.47. The molecule has 0 spiro atoms. The minimum atomic E-state index is 0.390. The normalized spacial score (nSPS) is 19.3. The van der Waals surface area contributed by atoms with Gasteiger partial charge in [-0.1, -0.05) is 38.8 Å². The van der Waals surface area contributed by atoms with Crippen LogP contribution in [0.15, 0.2) is 24.3 Å². The number of benzene rings is 1. The standard InChI is InChI=1S/C17H27NO/c1-4-12-18-16(17(2)10-5-6-11-17)14-8-7-9-15(13-14)19-3/h7-9,13,16,18H,4-6,10-12H2,1-3H3. The van der Waals surface area contributed by atoms with Gasteiger partial charge in [0, 0.05) is 6.04 Å². The lowest BCUT2D eigenvalue weighted by Gasteiger charge is -2.35. The lowest BCUT2D eigenvalue weighted by Crippen LogP contribution is -2.35. The Morgan fingerprint density at radius 1 is 1.32 bits per heavy atom. The minimum absolute atomic E-state index is 0.390. The van der Waals surface area contributed by atoms with E-state index in [0.717, 1.165) is 12.3 Å². The van der Waals surface area contributed by atoms with Crippen LogP contribution in [0.1, 0.15) is 57.6 Å². The van der Waals surface area contributed by atoms with Crippen LogP contribution < -0.4 is 10.1 Å². The highest BCUT2D eigenvalue weighted by Gasteiger charge is 2.37. The van der Waals surface area contributed by atoms with Gasteiger partial charge in [0.25, 0.3) is 0 Å². The number of rotatable bonds is 6. The second-order valence-corrected chi connectivity index (χ2v) is 6.02. The summed E-state index contributed by atoms with van der Waals surface area (Å²) in [6.07, 6.45) is 6.56. The highest BCUT2D eigenvalue weighted by molar-refractivity contribution is 5.31. The molecule has 1 unspecified atom stereocenters. The van der Waals surface area contributed by atoms with Crippen LogP contribution in [0.4, 0.5) is 0 Å². The Kier molecular flexibility index (Phi) is 4.87. The molecule has 0 bridgehead atoms. The molecule has 1 atom stereocenters. The third kappa shape index (κ3) is 3.30. The molecule has 0 heterocycles. The first-order valence-corrected chi connectivity index (χ1v) is 7.57. The molecule has 0 aliphatic heterocycles. The Balaban J connectivity index is 2.25. The number of nitrogens with one attached hydrogen (secondary N) is 1. The van der Waals surface area contributed by atoms with E-state index in [-0.39, 0.29) is 0 Å². The van der Waals surface area contributed by atoms with Crippen molar-refractivity contribution in [2.45, 2.75) is 52.0 Å². The van der Waals surface area contributed by atoms with Crippen molar-refractivity contribution < 1.29 is 4.74 Å². The molecular formula is C17H27NO. The SMILES string of the molecule is CCCNC(c1cccc(OC)c1)C1(C)CCCC1. The van der Waals surface area contributed by atoms with Crippen LogP contribution in [0.5, 0.6) is 5.75 Å². The van der Waals surface area contributed by atoms with Crippen LogP contribution in [-0.4, -0.2) is 13.7 Å². The van der Waals surface area contributed by atoms with E-state index >= 15 is 0 Å². The molecule has 0 aromatic heterocycles. The quantitative estimate of drug-likeness (QED) is 0.823. The first kappa shape index (κ1) is 14.4. The van der Waals surface area contributed by atoms with Crippen LogP contribution in [0.3, 0.4) is 0 Å². The number of ether oxygens (including phenoxy) is 1. The molecule has 1 N–H and O–H groups in total. The molecule has 1 aliphatic carbocycles. The van der Waals surface area contributed by atoms with Gasteiger partial charge in [0.05, 0.1) is 7.11 Å². The van der Waals surface area contributed by atoms with Crippen LogP contribution in [0.2, 0.25) is 0 Å². The molecule has 1 aliphatic rings. The van der Waals surface area contributed by atoms with Crippen molar-refractivity contribution in [3.05, 3.63) is 29.8 Å². The topological polar surface area (TPSA) is 21.3 Å². The minimum Gasteiger partial charge on any atom is -0.497 e. The van der Waals surface area contributed by atoms with E-state index in [0.29, 0.717) is 11.5 Å². The van der Waals surface area contributed by atoms with E-state index in [1.54, 1.807) is 7.11 Å². The monoisotopic (exact) mass is 261 g/mol. The maximum Gasteiger partial charge on any atom is 0.119 e. The Morgan fingerprint density at radius 3 is 2.68 bits per heavy atom. The molecule has 106 valence electrons. The molecule has 19 heavy (non-hydrogen) atoms. The van der Waals surface area contributed by atoms with Crippen LogP contribution in [-0.2, 0) is 0 Å². The molecule has 1 fully saturated rings. The summed E-state index contributed by atoms with van der Waals surface area (Å²) < 4.78 is 5.38. The van der Waals surface area contributed by atoms with Crippen molar-refractivity contribution in [3.63, 3.8) is 0 Å². The van der Waals surface area contributed by atoms with E-state index in [1.807, 2.05) is 6.07 Å². The smallest absolute Gasteiger partial charge is 0.119 e. The first-order valence-electron chi connectivity index (χ1n) is 7.57. The van der Waals surface area contributed by atoms with Gasteiger partial charge in [-0.25, -0.2) is 0 Å². The van der Waals surface area contributed by atoms with E-state index in [9.17, 15) is 0 Å². The molecule has 0 radical (unpaired) electrons. The maximum absolute atomic E-state index is 5.38. The Morgan fingerprint density at radius 2 is 2.05 bits per heavy atom. The van der Waals surface area contributed by atoms with E-state index in [4.69, 9.17) is 4.74 Å². The molecule has 1 aromatic carbocycles. The Hall–Kier alpha value is -1.02. The lowest BCUT2D eigenvalue weighted by atomic mass is 9.77. The van der Waals surface area contributed by atoms with E-state index in [2.05, 4.69) is 37.4 Å². The average molecular weight is 261 g/mol. The first-order chi connectivity index (χ1) is 9.19. The predicted molar refractivity (Wildman–Crippen MR) is 80.6 cm³/mol. The summed E-state index contributed by atoms with van der Waals surface area (Å²) in [5.41, 5.74) is 1.76. The highest BCUT2D eigenvalue weighted by atomic mass is 16.5. The van der Waals surface area contributed by atoms with Crippen LogP contribution >= 0.6 is 0 Å². The largest absolute Gasteiger partial charge is 0.497 e. The van der Waals surface area contributed by atoms with Gasteiger partial charge in [-0.2, -0.15) is 0 Å². The fourth-order valence-corrected chi connectivity index (χ4v) is 3.35. The van der Waals surface area contributed by atoms with Crippen molar-refractivity contribution in [2.75, 3.05) is 13.7 Å². The van der Waals surface area contributed by atoms with Gasteiger partial charge in [0.15, 0.2) is 0 Å². The zero-order chi connectivity index (χ0) is 13.7. The number of hydrogen-bond donors (Lipinski definition) is 1. The zero-order valence-corrected chi connectivity index (χ0v) is 12.5. The van der Waals surface area contributed by atoms with Gasteiger partial charge in [-0.15, -0.1) is 0 Å². The van der Waals surface area contributed by atoms with Crippen LogP contribution in [0, 0.1) is 5.41 Å². The van der Waals surface area contributed by atoms with Gasteiger partial charge in [0.1, 0.15) is 5.75 Å². The summed E-state index contributed by atoms with van der Waals surface area (Å²) in [6.45, 7) is 5.75. The van der Waals surface area contributed by atoms with Gasteiger partial charge in [-0.05, 0) is 48.9 Å². The van der Waals surface area contributed by atoms with Crippen molar-refractivity contribution in [1.29, 1.82) is 0 Å². The summed E-state index contributed by atoms with van der Waals surface area (Å²) in [5, 5.41) is 3.76. The van der Waals surface area contributed by atoms with E-state index in [1.165, 1.54) is 37.7 Å². The van der Waals surface area contributed by atoms with Gasteiger partial charge >= 0.3 is 0 Å². The molecule has 1 saturated carbocycles. The third-order valence-corrected chi connectivity index (χ3v) is 4.47. The second kappa shape index (κ2) is 6.42. The summed E-state index contributed by atoms with van der Waals surface area (Å²) in [4.78, 5) is 0. The fourth-order valence-electron chi connectivity index (χ4n) is 3.35. The zero-order valence-electron chi connectivity index (χ0n) is 12.5. The fraction of sp³-hybridized carbons (Fsp3) is 0.647. The van der Waals surface area contributed by atoms with Gasteiger partial charge in [0.2, 0.25) is 0 Å². The molecule has 2 heteroatoms. The molecule has 0 amide bonds. The second-order valence-electron chi connectivity index (χ2n) is 6.02. The maximum atomic E-state index is 5.38. The van der Waals surface area contributed by atoms with Crippen molar-refractivity contribution in [1.82, 2.24) is 5.32 Å².